The molecule has 2 heterocycles. The molecule has 2 aromatic rings. The van der Waals surface area contributed by atoms with Crippen molar-refractivity contribution >= 4 is 33.1 Å². The number of hydrogen-bond donors (Lipinski definition) is 2. The van der Waals surface area contributed by atoms with Crippen LogP contribution in [0.5, 0.6) is 0 Å². The smallest absolute Gasteiger partial charge is 0.332 e. The molecule has 0 spiro atoms. The molecule has 0 atom stereocenters. The Morgan fingerprint density at radius 2 is 1.83 bits per heavy atom. The van der Waals surface area contributed by atoms with Crippen LogP contribution in [0.3, 0.4) is 0 Å². The first kappa shape index (κ1) is 14.2. The minimum Gasteiger partial charge on any atom is -0.481 e. The van der Waals surface area contributed by atoms with E-state index in [2.05, 4.69) is 25.9 Å². The van der Waals surface area contributed by atoms with Crippen LogP contribution < -0.4 is 11.2 Å². The minimum atomic E-state index is -0.833. The number of aromatic amines is 1. The van der Waals surface area contributed by atoms with Gasteiger partial charge in [-0.1, -0.05) is 0 Å². The highest BCUT2D eigenvalue weighted by atomic mass is 79.9. The van der Waals surface area contributed by atoms with Gasteiger partial charge in [0.2, 0.25) is 0 Å². The SMILES string of the molecule is CC(=O)O.Cn1c(=O)c2[nH]c(Br)nc2n(C)c1=O. The number of aromatic nitrogens is 4. The fourth-order valence-corrected chi connectivity index (χ4v) is 1.66. The van der Waals surface area contributed by atoms with Gasteiger partial charge in [0.1, 0.15) is 0 Å². The lowest BCUT2D eigenvalue weighted by Gasteiger charge is -2.00. The van der Waals surface area contributed by atoms with Crippen molar-refractivity contribution in [3.8, 4) is 0 Å². The van der Waals surface area contributed by atoms with Gasteiger partial charge in [0.15, 0.2) is 15.9 Å². The van der Waals surface area contributed by atoms with Crippen molar-refractivity contribution in [1.82, 2.24) is 19.1 Å². The fourth-order valence-electron chi connectivity index (χ4n) is 1.30. The summed E-state index contributed by atoms with van der Waals surface area (Å²) in [5.41, 5.74) is -0.0887. The lowest BCUT2D eigenvalue weighted by Crippen LogP contribution is -2.36. The van der Waals surface area contributed by atoms with Gasteiger partial charge in [0.05, 0.1) is 0 Å². The maximum absolute atomic E-state index is 11.6. The number of imidazole rings is 1. The lowest BCUT2D eigenvalue weighted by atomic mass is 10.5. The molecule has 0 aromatic carbocycles. The number of H-pyrrole nitrogens is 1. The van der Waals surface area contributed by atoms with E-state index < -0.39 is 5.97 Å². The molecule has 0 radical (unpaired) electrons. The lowest BCUT2D eigenvalue weighted by molar-refractivity contribution is -0.134. The fraction of sp³-hybridized carbons (Fsp3) is 0.333. The molecule has 2 rings (SSSR count). The Labute approximate surface area is 109 Å². The summed E-state index contributed by atoms with van der Waals surface area (Å²) in [7, 11) is 3.00. The predicted octanol–water partition coefficient (Wildman–Crippen LogP) is -0.186. The molecule has 8 nitrogen and oxygen atoms in total. The first-order valence-corrected chi connectivity index (χ1v) is 5.55. The molecule has 0 fully saturated rings. The summed E-state index contributed by atoms with van der Waals surface area (Å²) in [5, 5.41) is 7.42. The normalized spacial score (nSPS) is 10.0. The van der Waals surface area contributed by atoms with Crippen LogP contribution in [0.4, 0.5) is 0 Å². The largest absolute Gasteiger partial charge is 0.481 e. The molecular weight excluding hydrogens is 308 g/mol. The zero-order chi connectivity index (χ0) is 14.0. The van der Waals surface area contributed by atoms with Gasteiger partial charge in [-0.25, -0.2) is 9.78 Å². The third kappa shape index (κ3) is 2.67. The Kier molecular flexibility index (Phi) is 4.07. The Balaban J connectivity index is 0.000000357. The Morgan fingerprint density at radius 1 is 1.33 bits per heavy atom. The molecular formula is C9H11BrN4O4. The van der Waals surface area contributed by atoms with E-state index in [1.54, 1.807) is 7.05 Å². The standard InChI is InChI=1S/C7H7BrN4O2.C2H4O2/c1-11-4-3(9-6(8)10-4)5(13)12(2)7(11)14;1-2(3)4/h1-2H3,(H,9,10);1H3,(H,3,4). The predicted molar refractivity (Wildman–Crippen MR) is 67.6 cm³/mol. The summed E-state index contributed by atoms with van der Waals surface area (Å²) >= 11 is 3.11. The van der Waals surface area contributed by atoms with Crippen LogP contribution >= 0.6 is 15.9 Å². The van der Waals surface area contributed by atoms with E-state index in [1.165, 1.54) is 11.6 Å². The van der Waals surface area contributed by atoms with Crippen molar-refractivity contribution in [2.24, 2.45) is 14.1 Å². The first-order valence-electron chi connectivity index (χ1n) is 4.76. The van der Waals surface area contributed by atoms with Gasteiger partial charge in [-0.15, -0.1) is 0 Å². The number of aryl methyl sites for hydroxylation is 1. The number of nitrogens with zero attached hydrogens (tertiary/aromatic N) is 3. The van der Waals surface area contributed by atoms with Crippen molar-refractivity contribution in [2.75, 3.05) is 0 Å². The number of carboxylic acids is 1. The molecule has 0 unspecified atom stereocenters. The van der Waals surface area contributed by atoms with Crippen molar-refractivity contribution in [1.29, 1.82) is 0 Å². The van der Waals surface area contributed by atoms with E-state index in [4.69, 9.17) is 9.90 Å². The maximum Gasteiger partial charge on any atom is 0.332 e. The summed E-state index contributed by atoms with van der Waals surface area (Å²) in [6.07, 6.45) is 0. The van der Waals surface area contributed by atoms with Gasteiger partial charge in [-0.2, -0.15) is 0 Å². The van der Waals surface area contributed by atoms with Crippen LogP contribution in [-0.4, -0.2) is 30.2 Å². The molecule has 0 aliphatic heterocycles. The third-order valence-corrected chi connectivity index (χ3v) is 2.44. The van der Waals surface area contributed by atoms with Gasteiger partial charge in [-0.3, -0.25) is 18.7 Å². The van der Waals surface area contributed by atoms with Crippen LogP contribution in [0.25, 0.3) is 11.2 Å². The first-order chi connectivity index (χ1) is 8.25. The monoisotopic (exact) mass is 318 g/mol. The summed E-state index contributed by atoms with van der Waals surface area (Å²) in [4.78, 5) is 38.8. The average molecular weight is 319 g/mol. The van der Waals surface area contributed by atoms with Crippen molar-refractivity contribution < 1.29 is 9.90 Å². The number of aliphatic carboxylic acids is 1. The summed E-state index contributed by atoms with van der Waals surface area (Å²) in [6.45, 7) is 1.08. The van der Waals surface area contributed by atoms with E-state index in [1.807, 2.05) is 0 Å². The Bertz CT molecular complexity index is 708. The molecule has 0 amide bonds. The third-order valence-electron chi connectivity index (χ3n) is 2.07. The number of rotatable bonds is 0. The zero-order valence-corrected chi connectivity index (χ0v) is 11.5. The summed E-state index contributed by atoms with van der Waals surface area (Å²) in [5.74, 6) is -0.833. The molecule has 18 heavy (non-hydrogen) atoms. The van der Waals surface area contributed by atoms with E-state index in [0.717, 1.165) is 11.5 Å². The second-order valence-corrected chi connectivity index (χ2v) is 4.20. The Morgan fingerprint density at radius 3 is 2.33 bits per heavy atom. The molecule has 0 saturated carbocycles. The van der Waals surface area contributed by atoms with Crippen LogP contribution in [0.2, 0.25) is 0 Å². The van der Waals surface area contributed by atoms with Crippen molar-refractivity contribution in [3.05, 3.63) is 25.6 Å². The minimum absolute atomic E-state index is 0.321. The van der Waals surface area contributed by atoms with E-state index >= 15 is 0 Å². The molecule has 0 aliphatic rings. The zero-order valence-electron chi connectivity index (χ0n) is 9.89. The van der Waals surface area contributed by atoms with Gasteiger partial charge >= 0.3 is 5.69 Å². The van der Waals surface area contributed by atoms with E-state index in [0.29, 0.717) is 15.9 Å². The van der Waals surface area contributed by atoms with E-state index in [-0.39, 0.29) is 11.2 Å². The topological polar surface area (TPSA) is 110 Å². The second-order valence-electron chi connectivity index (χ2n) is 3.45. The average Bonchev–Trinajstić information content (AvgIpc) is 2.65. The molecule has 0 aliphatic carbocycles. The summed E-state index contributed by atoms with van der Waals surface area (Å²) < 4.78 is 2.79. The highest BCUT2D eigenvalue weighted by Gasteiger charge is 2.11. The number of hydrogen-bond acceptors (Lipinski definition) is 4. The quantitative estimate of drug-likeness (QED) is 0.654. The second kappa shape index (κ2) is 5.17. The Hall–Kier alpha value is -1.90. The van der Waals surface area contributed by atoms with Gasteiger partial charge in [-0.05, 0) is 15.9 Å². The molecule has 2 N–H and O–H groups in total. The summed E-state index contributed by atoms with van der Waals surface area (Å²) in [6, 6.07) is 0. The number of carbonyl (C=O) groups is 1. The number of nitrogens with one attached hydrogen (secondary N) is 1. The van der Waals surface area contributed by atoms with Crippen LogP contribution in [0.15, 0.2) is 14.3 Å². The molecule has 98 valence electrons. The molecule has 0 saturated heterocycles. The molecule has 9 heteroatoms. The highest BCUT2D eigenvalue weighted by molar-refractivity contribution is 9.10. The molecule has 0 bridgehead atoms. The van der Waals surface area contributed by atoms with Gasteiger partial charge < -0.3 is 10.1 Å². The maximum atomic E-state index is 11.6. The van der Waals surface area contributed by atoms with Crippen molar-refractivity contribution in [2.45, 2.75) is 6.92 Å². The number of carboxylic acid groups (broad SMARTS) is 1. The van der Waals surface area contributed by atoms with Gasteiger partial charge in [0, 0.05) is 21.0 Å². The highest BCUT2D eigenvalue weighted by Crippen LogP contribution is 2.08. The van der Waals surface area contributed by atoms with Crippen LogP contribution in [0, 0.1) is 0 Å². The van der Waals surface area contributed by atoms with Crippen LogP contribution in [-0.2, 0) is 18.9 Å². The number of halogens is 1. The van der Waals surface area contributed by atoms with Crippen molar-refractivity contribution in [3.63, 3.8) is 0 Å². The van der Waals surface area contributed by atoms with E-state index in [9.17, 15) is 9.59 Å². The molecule has 2 aromatic heterocycles. The van der Waals surface area contributed by atoms with Gasteiger partial charge in [0.25, 0.3) is 11.5 Å². The van der Waals surface area contributed by atoms with Crippen LogP contribution in [0.1, 0.15) is 6.92 Å². The number of fused-ring (bicyclic) bond motifs is 1.